The highest BCUT2D eigenvalue weighted by atomic mass is 32.2. The average Bonchev–Trinajstić information content (AvgIpc) is 3.09. The molecule has 0 aliphatic carbocycles. The summed E-state index contributed by atoms with van der Waals surface area (Å²) < 4.78 is 35.3. The third-order valence-corrected chi connectivity index (χ3v) is 7.55. The van der Waals surface area contributed by atoms with E-state index in [2.05, 4.69) is 35.9 Å². The maximum Gasteiger partial charge on any atom is 0.272 e. The van der Waals surface area contributed by atoms with Crippen LogP contribution in [0.5, 0.6) is 5.75 Å². The number of ether oxygens (including phenoxy) is 1. The molecule has 1 spiro atoms. The van der Waals surface area contributed by atoms with Gasteiger partial charge in [0.25, 0.3) is 5.91 Å². The zero-order chi connectivity index (χ0) is 22.6. The zero-order valence-electron chi connectivity index (χ0n) is 18.5. The molecule has 1 amide bonds. The second-order valence-electron chi connectivity index (χ2n) is 9.26. The first-order valence-electron chi connectivity index (χ1n) is 10.3. The molecule has 9 nitrogen and oxygen atoms in total. The van der Waals surface area contributed by atoms with Crippen LogP contribution in [0.4, 0.5) is 5.69 Å². The van der Waals surface area contributed by atoms with E-state index < -0.39 is 15.7 Å². The van der Waals surface area contributed by atoms with Gasteiger partial charge < -0.3 is 15.0 Å². The van der Waals surface area contributed by atoms with E-state index in [0.717, 1.165) is 5.69 Å². The summed E-state index contributed by atoms with van der Waals surface area (Å²) in [7, 11) is -0.355. The number of benzene rings is 1. The van der Waals surface area contributed by atoms with Gasteiger partial charge in [0, 0.05) is 44.5 Å². The van der Waals surface area contributed by atoms with Crippen LogP contribution in [0.25, 0.3) is 0 Å². The first-order chi connectivity index (χ1) is 14.4. The number of fused-ring (bicyclic) bond motifs is 1. The van der Waals surface area contributed by atoms with Crippen LogP contribution in [0.1, 0.15) is 49.8 Å². The van der Waals surface area contributed by atoms with Crippen molar-refractivity contribution in [3.05, 3.63) is 35.7 Å². The molecule has 168 valence electrons. The predicted molar refractivity (Wildman–Crippen MR) is 117 cm³/mol. The Kier molecular flexibility index (Phi) is 5.05. The number of sulfonamides is 1. The summed E-state index contributed by atoms with van der Waals surface area (Å²) >= 11 is 0. The topological polar surface area (TPSA) is 106 Å². The van der Waals surface area contributed by atoms with Gasteiger partial charge in [0.15, 0.2) is 0 Å². The van der Waals surface area contributed by atoms with Gasteiger partial charge in [-0.15, -0.1) is 0 Å². The second kappa shape index (κ2) is 7.23. The maximum atomic E-state index is 13.1. The molecular weight excluding hydrogens is 418 g/mol. The van der Waals surface area contributed by atoms with E-state index >= 15 is 0 Å². The quantitative estimate of drug-likeness (QED) is 0.730. The summed E-state index contributed by atoms with van der Waals surface area (Å²) in [4.78, 5) is 15.1. The van der Waals surface area contributed by atoms with Crippen molar-refractivity contribution >= 4 is 21.6 Å². The molecule has 1 saturated heterocycles. The molecule has 0 radical (unpaired) electrons. The highest BCUT2D eigenvalue weighted by molar-refractivity contribution is 7.89. The smallest absolute Gasteiger partial charge is 0.272 e. The minimum Gasteiger partial charge on any atom is -0.497 e. The van der Waals surface area contributed by atoms with Gasteiger partial charge in [-0.05, 0) is 18.2 Å². The van der Waals surface area contributed by atoms with Crippen molar-refractivity contribution in [1.82, 2.24) is 19.4 Å². The number of nitrogens with one attached hydrogen (secondary N) is 2. The standard InChI is InChI=1S/C21H29N5O4S/c1-20(2,3)18-13-16(25(4)23-18)19(27)26-10-8-21(9-11-26)22-15-12-14(30-5)6-7-17(15)31(28,29)24-21/h6-7,12-13,22,24H,8-11H2,1-5H3. The number of hydrogen-bond acceptors (Lipinski definition) is 6. The number of methoxy groups -OCH3 is 1. The van der Waals surface area contributed by atoms with Crippen molar-refractivity contribution in [3.8, 4) is 5.75 Å². The lowest BCUT2D eigenvalue weighted by Gasteiger charge is -2.45. The lowest BCUT2D eigenvalue weighted by atomic mass is 9.92. The molecule has 0 bridgehead atoms. The molecule has 4 rings (SSSR count). The van der Waals surface area contributed by atoms with Crippen LogP contribution < -0.4 is 14.8 Å². The molecule has 1 aromatic carbocycles. The summed E-state index contributed by atoms with van der Waals surface area (Å²) in [5.74, 6) is 0.484. The van der Waals surface area contributed by atoms with Crippen LogP contribution in [0.15, 0.2) is 29.2 Å². The van der Waals surface area contributed by atoms with Gasteiger partial charge in [-0.1, -0.05) is 20.8 Å². The van der Waals surface area contributed by atoms with Crippen LogP contribution in [0.2, 0.25) is 0 Å². The summed E-state index contributed by atoms with van der Waals surface area (Å²) in [6.45, 7) is 7.01. The number of carbonyl (C=O) groups is 1. The number of nitrogens with zero attached hydrogens (tertiary/aromatic N) is 3. The minimum atomic E-state index is -3.67. The fourth-order valence-corrected chi connectivity index (χ4v) is 5.60. The molecule has 10 heteroatoms. The summed E-state index contributed by atoms with van der Waals surface area (Å²) in [5, 5.41) is 7.85. The minimum absolute atomic E-state index is 0.0962. The van der Waals surface area contributed by atoms with Crippen molar-refractivity contribution < 1.29 is 17.9 Å². The largest absolute Gasteiger partial charge is 0.497 e. The van der Waals surface area contributed by atoms with Gasteiger partial charge in [0.05, 0.1) is 18.5 Å². The third-order valence-electron chi connectivity index (χ3n) is 5.95. The Morgan fingerprint density at radius 3 is 2.45 bits per heavy atom. The third kappa shape index (κ3) is 3.89. The average molecular weight is 448 g/mol. The van der Waals surface area contributed by atoms with Crippen molar-refractivity contribution in [1.29, 1.82) is 0 Å². The fraction of sp³-hybridized carbons (Fsp3) is 0.524. The molecule has 0 unspecified atom stereocenters. The Labute approximate surface area is 182 Å². The summed E-state index contributed by atoms with van der Waals surface area (Å²) in [6.07, 6.45) is 0.886. The second-order valence-corrected chi connectivity index (χ2v) is 10.9. The number of hydrogen-bond donors (Lipinski definition) is 2. The fourth-order valence-electron chi connectivity index (χ4n) is 4.08. The molecule has 2 aliphatic heterocycles. The molecule has 2 N–H and O–H groups in total. The number of anilines is 1. The van der Waals surface area contributed by atoms with E-state index in [1.165, 1.54) is 6.07 Å². The van der Waals surface area contributed by atoms with Gasteiger partial charge in [-0.25, -0.2) is 8.42 Å². The van der Waals surface area contributed by atoms with Crippen LogP contribution in [0, 0.1) is 0 Å². The van der Waals surface area contributed by atoms with E-state index in [-0.39, 0.29) is 16.2 Å². The Morgan fingerprint density at radius 2 is 1.87 bits per heavy atom. The van der Waals surface area contributed by atoms with E-state index in [0.29, 0.717) is 43.1 Å². The normalized spacial score (nSPS) is 19.6. The highest BCUT2D eigenvalue weighted by Gasteiger charge is 2.44. The lowest BCUT2D eigenvalue weighted by molar-refractivity contribution is 0.0665. The van der Waals surface area contributed by atoms with Crippen LogP contribution in [-0.2, 0) is 22.5 Å². The highest BCUT2D eigenvalue weighted by Crippen LogP contribution is 2.37. The Hall–Kier alpha value is -2.59. The van der Waals surface area contributed by atoms with Gasteiger partial charge >= 0.3 is 0 Å². The number of amides is 1. The first-order valence-corrected chi connectivity index (χ1v) is 11.8. The first kappa shape index (κ1) is 21.6. The van der Waals surface area contributed by atoms with Gasteiger partial charge in [-0.2, -0.15) is 9.82 Å². The molecular formula is C21H29N5O4S. The number of rotatable bonds is 2. The Bertz CT molecular complexity index is 1130. The molecule has 0 saturated carbocycles. The molecule has 2 aliphatic rings. The number of aryl methyl sites for hydroxylation is 1. The van der Waals surface area contributed by atoms with E-state index in [9.17, 15) is 13.2 Å². The number of likely N-dealkylation sites (tertiary alicyclic amines) is 1. The van der Waals surface area contributed by atoms with Crippen molar-refractivity contribution in [2.24, 2.45) is 7.05 Å². The van der Waals surface area contributed by atoms with Gasteiger partial charge in [0.1, 0.15) is 22.0 Å². The Balaban J connectivity index is 1.53. The summed E-state index contributed by atoms with van der Waals surface area (Å²) in [6, 6.07) is 6.69. The zero-order valence-corrected chi connectivity index (χ0v) is 19.3. The van der Waals surface area contributed by atoms with Crippen molar-refractivity contribution in [3.63, 3.8) is 0 Å². The molecule has 0 atom stereocenters. The van der Waals surface area contributed by atoms with Crippen molar-refractivity contribution in [2.45, 2.75) is 49.6 Å². The van der Waals surface area contributed by atoms with Gasteiger partial charge in [-0.3, -0.25) is 9.48 Å². The molecule has 1 aromatic heterocycles. The van der Waals surface area contributed by atoms with Crippen molar-refractivity contribution in [2.75, 3.05) is 25.5 Å². The molecule has 3 heterocycles. The van der Waals surface area contributed by atoms with E-state index in [4.69, 9.17) is 4.74 Å². The Morgan fingerprint density at radius 1 is 1.19 bits per heavy atom. The number of piperidine rings is 1. The van der Waals surface area contributed by atoms with Crippen LogP contribution >= 0.6 is 0 Å². The predicted octanol–water partition coefficient (Wildman–Crippen LogP) is 2.06. The number of carbonyl (C=O) groups excluding carboxylic acids is 1. The summed E-state index contributed by atoms with van der Waals surface area (Å²) in [5.41, 5.74) is 0.922. The monoisotopic (exact) mass is 447 g/mol. The van der Waals surface area contributed by atoms with E-state index in [1.807, 2.05) is 6.07 Å². The SMILES string of the molecule is COc1ccc2c(c1)NC1(CCN(C(=O)c3cc(C(C)(C)C)nn3C)CC1)NS2(=O)=O. The van der Waals surface area contributed by atoms with Crippen LogP contribution in [0.3, 0.4) is 0 Å². The van der Waals surface area contributed by atoms with Gasteiger partial charge in [0.2, 0.25) is 10.0 Å². The molecule has 31 heavy (non-hydrogen) atoms. The van der Waals surface area contributed by atoms with E-state index in [1.54, 1.807) is 35.9 Å². The maximum absolute atomic E-state index is 13.1. The molecule has 2 aromatic rings. The van der Waals surface area contributed by atoms with Crippen LogP contribution in [-0.4, -0.2) is 54.9 Å². The molecule has 1 fully saturated rings. The number of aromatic nitrogens is 2. The lowest BCUT2D eigenvalue weighted by Crippen LogP contribution is -2.62.